The van der Waals surface area contributed by atoms with E-state index in [1.54, 1.807) is 18.4 Å². The fraction of sp³-hybridized carbons (Fsp3) is 0.300. The third kappa shape index (κ3) is 3.82. The van der Waals surface area contributed by atoms with Gasteiger partial charge >= 0.3 is 11.9 Å². The molecule has 0 atom stereocenters. The van der Waals surface area contributed by atoms with Crippen LogP contribution in [0.4, 0.5) is 0 Å². The first-order chi connectivity index (χ1) is 7.63. The summed E-state index contributed by atoms with van der Waals surface area (Å²) in [4.78, 5) is 25.5. The van der Waals surface area contributed by atoms with Crippen LogP contribution in [0.15, 0.2) is 11.5 Å². The van der Waals surface area contributed by atoms with Crippen LogP contribution in [0.2, 0.25) is 0 Å². The molecule has 1 aromatic heterocycles. The van der Waals surface area contributed by atoms with Gasteiger partial charge in [-0.05, 0) is 13.0 Å². The van der Waals surface area contributed by atoms with Crippen LogP contribution in [-0.4, -0.2) is 28.6 Å². The van der Waals surface area contributed by atoms with Crippen LogP contribution in [-0.2, 0) is 9.53 Å². The second-order valence-corrected chi connectivity index (χ2v) is 3.68. The molecule has 0 unspecified atom stereocenters. The minimum Gasteiger partial charge on any atom is -0.481 e. The van der Waals surface area contributed by atoms with Crippen LogP contribution >= 0.6 is 11.3 Å². The summed E-state index contributed by atoms with van der Waals surface area (Å²) < 4.78 is 4.77. The lowest BCUT2D eigenvalue weighted by molar-refractivity contribution is -0.135. The number of hydrogen-bond donors (Lipinski definition) is 1. The van der Waals surface area contributed by atoms with Crippen LogP contribution in [0.25, 0.3) is 6.08 Å². The molecule has 0 bridgehead atoms. The van der Waals surface area contributed by atoms with Gasteiger partial charge in [0.25, 0.3) is 0 Å². The molecule has 16 heavy (non-hydrogen) atoms. The third-order valence-electron chi connectivity index (χ3n) is 1.56. The molecule has 1 aromatic rings. The zero-order valence-electron chi connectivity index (χ0n) is 8.67. The van der Waals surface area contributed by atoms with Gasteiger partial charge in [0.15, 0.2) is 5.69 Å². The molecule has 1 rings (SSSR count). The number of nitrogens with zero attached hydrogens (tertiary/aromatic N) is 1. The highest BCUT2D eigenvalue weighted by molar-refractivity contribution is 7.10. The van der Waals surface area contributed by atoms with Crippen LogP contribution in [0.5, 0.6) is 0 Å². The predicted octanol–water partition coefficient (Wildman–Crippen LogP) is 1.81. The van der Waals surface area contributed by atoms with E-state index in [2.05, 4.69) is 4.98 Å². The lowest BCUT2D eigenvalue weighted by Crippen LogP contribution is -2.04. The standard InChI is InChI=1S/C10H11NO4S/c1-2-15-10(14)7-6-16-8(11-7)4-3-5-9(12)13/h3-4,6H,2,5H2,1H3,(H,12,13). The van der Waals surface area contributed by atoms with Gasteiger partial charge in [0.2, 0.25) is 0 Å². The van der Waals surface area contributed by atoms with Crippen molar-refractivity contribution in [2.24, 2.45) is 0 Å². The lowest BCUT2D eigenvalue weighted by atomic mass is 10.4. The van der Waals surface area contributed by atoms with E-state index in [4.69, 9.17) is 9.84 Å². The van der Waals surface area contributed by atoms with Crippen molar-refractivity contribution in [3.8, 4) is 0 Å². The lowest BCUT2D eigenvalue weighted by Gasteiger charge is -1.95. The summed E-state index contributed by atoms with van der Waals surface area (Å²) in [5.41, 5.74) is 0.252. The van der Waals surface area contributed by atoms with Crippen LogP contribution in [0, 0.1) is 0 Å². The van der Waals surface area contributed by atoms with Gasteiger partial charge in [-0.2, -0.15) is 0 Å². The van der Waals surface area contributed by atoms with Gasteiger partial charge in [-0.15, -0.1) is 11.3 Å². The molecule has 0 fully saturated rings. The second kappa shape index (κ2) is 6.02. The van der Waals surface area contributed by atoms with E-state index in [1.807, 2.05) is 0 Å². The number of hydrogen-bond acceptors (Lipinski definition) is 5. The van der Waals surface area contributed by atoms with Gasteiger partial charge in [-0.25, -0.2) is 9.78 Å². The number of carbonyl (C=O) groups excluding carboxylic acids is 1. The van der Waals surface area contributed by atoms with E-state index < -0.39 is 11.9 Å². The summed E-state index contributed by atoms with van der Waals surface area (Å²) in [6.07, 6.45) is 2.99. The Kier molecular flexibility index (Phi) is 4.65. The fourth-order valence-corrected chi connectivity index (χ4v) is 1.63. The maximum Gasteiger partial charge on any atom is 0.357 e. The topological polar surface area (TPSA) is 76.5 Å². The van der Waals surface area contributed by atoms with Crippen molar-refractivity contribution in [1.29, 1.82) is 0 Å². The maximum absolute atomic E-state index is 11.2. The molecule has 5 nitrogen and oxygen atoms in total. The van der Waals surface area contributed by atoms with Crippen molar-refractivity contribution in [2.45, 2.75) is 13.3 Å². The van der Waals surface area contributed by atoms with E-state index in [0.29, 0.717) is 11.6 Å². The minimum atomic E-state index is -0.904. The molecule has 0 aliphatic rings. The van der Waals surface area contributed by atoms with Crippen LogP contribution in [0.1, 0.15) is 28.8 Å². The number of carboxylic acid groups (broad SMARTS) is 1. The molecule has 1 heterocycles. The average molecular weight is 241 g/mol. The Morgan fingerprint density at radius 3 is 3.00 bits per heavy atom. The summed E-state index contributed by atoms with van der Waals surface area (Å²) >= 11 is 1.26. The van der Waals surface area contributed by atoms with E-state index >= 15 is 0 Å². The minimum absolute atomic E-state index is 0.0612. The van der Waals surface area contributed by atoms with Crippen molar-refractivity contribution in [2.75, 3.05) is 6.61 Å². The van der Waals surface area contributed by atoms with Crippen molar-refractivity contribution in [3.63, 3.8) is 0 Å². The molecule has 0 radical (unpaired) electrons. The van der Waals surface area contributed by atoms with Gasteiger partial charge < -0.3 is 9.84 Å². The van der Waals surface area contributed by atoms with E-state index in [9.17, 15) is 9.59 Å². The molecule has 0 saturated heterocycles. The summed E-state index contributed by atoms with van der Waals surface area (Å²) in [5, 5.41) is 10.6. The first kappa shape index (κ1) is 12.4. The zero-order valence-corrected chi connectivity index (χ0v) is 9.49. The Bertz CT molecular complexity index is 411. The van der Waals surface area contributed by atoms with Gasteiger partial charge in [-0.1, -0.05) is 6.08 Å². The SMILES string of the molecule is CCOC(=O)c1csc(C=CCC(=O)O)n1. The molecule has 86 valence electrons. The van der Waals surface area contributed by atoms with Crippen molar-refractivity contribution in [1.82, 2.24) is 4.98 Å². The molecular formula is C10H11NO4S. The molecular weight excluding hydrogens is 230 g/mol. The molecule has 6 heteroatoms. The fourth-order valence-electron chi connectivity index (χ4n) is 0.924. The van der Waals surface area contributed by atoms with E-state index in [1.165, 1.54) is 17.4 Å². The van der Waals surface area contributed by atoms with Crippen LogP contribution in [0.3, 0.4) is 0 Å². The molecule has 1 N–H and O–H groups in total. The highest BCUT2D eigenvalue weighted by Gasteiger charge is 2.09. The monoisotopic (exact) mass is 241 g/mol. The summed E-state index contributed by atoms with van der Waals surface area (Å²) in [7, 11) is 0. The number of ether oxygens (including phenoxy) is 1. The quantitative estimate of drug-likeness (QED) is 0.795. The first-order valence-corrected chi connectivity index (χ1v) is 5.52. The molecule has 0 aliphatic heterocycles. The third-order valence-corrected chi connectivity index (χ3v) is 2.37. The maximum atomic E-state index is 11.2. The van der Waals surface area contributed by atoms with E-state index in [0.717, 1.165) is 0 Å². The first-order valence-electron chi connectivity index (χ1n) is 4.64. The largest absolute Gasteiger partial charge is 0.481 e. The molecule has 0 amide bonds. The number of carbonyl (C=O) groups is 2. The second-order valence-electron chi connectivity index (χ2n) is 2.79. The summed E-state index contributed by atoms with van der Waals surface area (Å²) in [6.45, 7) is 2.03. The number of aromatic nitrogens is 1. The highest BCUT2D eigenvalue weighted by Crippen LogP contribution is 2.12. The zero-order chi connectivity index (χ0) is 12.0. The Morgan fingerprint density at radius 1 is 1.62 bits per heavy atom. The van der Waals surface area contributed by atoms with Gasteiger partial charge in [-0.3, -0.25) is 4.79 Å². The Morgan fingerprint density at radius 2 is 2.38 bits per heavy atom. The molecule has 0 aromatic carbocycles. The molecule has 0 spiro atoms. The van der Waals surface area contributed by atoms with Crippen LogP contribution < -0.4 is 0 Å². The Hall–Kier alpha value is -1.69. The Balaban J connectivity index is 2.61. The number of aliphatic carboxylic acids is 1. The molecule has 0 saturated carbocycles. The number of rotatable bonds is 5. The highest BCUT2D eigenvalue weighted by atomic mass is 32.1. The average Bonchev–Trinajstić information content (AvgIpc) is 2.66. The Labute approximate surface area is 96.4 Å². The smallest absolute Gasteiger partial charge is 0.357 e. The number of carboxylic acids is 1. The van der Waals surface area contributed by atoms with Gasteiger partial charge in [0.05, 0.1) is 13.0 Å². The summed E-state index contributed by atoms with van der Waals surface area (Å²) in [6, 6.07) is 0. The van der Waals surface area contributed by atoms with Crippen molar-refractivity contribution in [3.05, 3.63) is 22.2 Å². The van der Waals surface area contributed by atoms with Crippen molar-refractivity contribution >= 4 is 29.4 Å². The normalized spacial score (nSPS) is 10.6. The summed E-state index contributed by atoms with van der Waals surface area (Å²) in [5.74, 6) is -1.37. The number of thiazole rings is 1. The van der Waals surface area contributed by atoms with Crippen molar-refractivity contribution < 1.29 is 19.4 Å². The van der Waals surface area contributed by atoms with Gasteiger partial charge in [0, 0.05) is 5.38 Å². The number of esters is 1. The van der Waals surface area contributed by atoms with E-state index in [-0.39, 0.29) is 12.1 Å². The predicted molar refractivity (Wildman–Crippen MR) is 59.4 cm³/mol. The van der Waals surface area contributed by atoms with Gasteiger partial charge in [0.1, 0.15) is 5.01 Å². The molecule has 0 aliphatic carbocycles.